The average Bonchev–Trinajstić information content (AvgIpc) is 2.06. The lowest BCUT2D eigenvalue weighted by atomic mass is 10.1. The molecule has 0 spiro atoms. The first-order valence-electron chi connectivity index (χ1n) is 3.89. The van der Waals surface area contributed by atoms with E-state index in [-0.39, 0.29) is 5.57 Å². The summed E-state index contributed by atoms with van der Waals surface area (Å²) in [5, 5.41) is 28.7. The fourth-order valence-electron chi connectivity index (χ4n) is 0.633. The first-order chi connectivity index (χ1) is 6.02. The van der Waals surface area contributed by atoms with Crippen LogP contribution in [0.25, 0.3) is 0 Å². The number of aliphatic hydroxyl groups excluding tert-OH is 3. The van der Waals surface area contributed by atoms with Gasteiger partial charge in [-0.15, -0.1) is 0 Å². The Hall–Kier alpha value is -0.910. The summed E-state index contributed by atoms with van der Waals surface area (Å²) in [5.41, 5.74) is 0.258. The lowest BCUT2D eigenvalue weighted by molar-refractivity contribution is -0.122. The second-order valence-corrected chi connectivity index (χ2v) is 2.82. The molecule has 0 aromatic carbocycles. The number of aliphatic hydroxyl groups is 3. The number of hydrogen-bond donors (Lipinski definition) is 4. The molecule has 0 bridgehead atoms. The van der Waals surface area contributed by atoms with Gasteiger partial charge in [-0.25, -0.2) is 0 Å². The fourth-order valence-corrected chi connectivity index (χ4v) is 0.633. The second-order valence-electron chi connectivity index (χ2n) is 2.82. The van der Waals surface area contributed by atoms with Crippen LogP contribution in [0.3, 0.4) is 0 Å². The van der Waals surface area contributed by atoms with Crippen molar-refractivity contribution in [2.75, 3.05) is 13.2 Å². The highest BCUT2D eigenvalue weighted by molar-refractivity contribution is 5.92. The minimum atomic E-state index is -1.25. The summed E-state index contributed by atoms with van der Waals surface area (Å²) in [6.45, 7) is 4.08. The maximum atomic E-state index is 11.0. The highest BCUT2D eigenvalue weighted by Gasteiger charge is 2.19. The molecule has 0 aliphatic carbocycles. The minimum Gasteiger partial charge on any atom is -0.396 e. The molecular formula is C8H15NO4. The molecule has 0 fully saturated rings. The van der Waals surface area contributed by atoms with Crippen molar-refractivity contribution in [3.05, 3.63) is 12.2 Å². The summed E-state index contributed by atoms with van der Waals surface area (Å²) >= 11 is 0. The van der Waals surface area contributed by atoms with E-state index in [2.05, 4.69) is 11.9 Å². The molecule has 4 N–H and O–H groups in total. The number of rotatable bonds is 5. The van der Waals surface area contributed by atoms with Crippen LogP contribution in [0.5, 0.6) is 0 Å². The third-order valence-electron chi connectivity index (χ3n) is 1.58. The van der Waals surface area contributed by atoms with E-state index in [1.807, 2.05) is 0 Å². The molecule has 0 heterocycles. The van der Waals surface area contributed by atoms with Crippen molar-refractivity contribution in [3.8, 4) is 0 Å². The van der Waals surface area contributed by atoms with Gasteiger partial charge in [0.1, 0.15) is 6.23 Å². The van der Waals surface area contributed by atoms with E-state index < -0.39 is 31.3 Å². The zero-order valence-corrected chi connectivity index (χ0v) is 7.53. The third-order valence-corrected chi connectivity index (χ3v) is 1.58. The molecule has 1 unspecified atom stereocenters. The molecule has 0 radical (unpaired) electrons. The smallest absolute Gasteiger partial charge is 0.248 e. The Kier molecular flexibility index (Phi) is 5.29. The number of hydrogen-bond acceptors (Lipinski definition) is 4. The van der Waals surface area contributed by atoms with Gasteiger partial charge in [-0.3, -0.25) is 4.79 Å². The fraction of sp³-hybridized carbons (Fsp3) is 0.625. The van der Waals surface area contributed by atoms with E-state index in [1.165, 1.54) is 6.92 Å². The number of carbonyl (C=O) groups is 1. The molecule has 0 saturated carbocycles. The lowest BCUT2D eigenvalue weighted by Crippen LogP contribution is -2.43. The van der Waals surface area contributed by atoms with Gasteiger partial charge in [0.2, 0.25) is 5.91 Å². The monoisotopic (exact) mass is 189 g/mol. The van der Waals surface area contributed by atoms with Crippen molar-refractivity contribution in [1.29, 1.82) is 0 Å². The predicted molar refractivity (Wildman–Crippen MR) is 46.6 cm³/mol. The van der Waals surface area contributed by atoms with Crippen LogP contribution in [0.15, 0.2) is 12.2 Å². The van der Waals surface area contributed by atoms with Gasteiger partial charge in [0.25, 0.3) is 0 Å². The summed E-state index contributed by atoms with van der Waals surface area (Å²) in [4.78, 5) is 11.0. The standard InChI is InChI=1S/C8H15NO4/c1-5(2)7(12)9-8(13)6(3-10)4-11/h6,8,10-11,13H,1,3-4H2,2H3,(H,9,12). The summed E-state index contributed by atoms with van der Waals surface area (Å²) in [6.07, 6.45) is -1.25. The molecule has 0 aromatic rings. The molecule has 13 heavy (non-hydrogen) atoms. The van der Waals surface area contributed by atoms with Crippen LogP contribution in [0.2, 0.25) is 0 Å². The van der Waals surface area contributed by atoms with E-state index >= 15 is 0 Å². The van der Waals surface area contributed by atoms with Gasteiger partial charge in [-0.05, 0) is 6.92 Å². The average molecular weight is 189 g/mol. The Balaban J connectivity index is 4.04. The normalized spacial score (nSPS) is 12.7. The van der Waals surface area contributed by atoms with Gasteiger partial charge in [0, 0.05) is 11.5 Å². The number of amides is 1. The Morgan fingerprint density at radius 3 is 2.23 bits per heavy atom. The topological polar surface area (TPSA) is 89.8 Å². The van der Waals surface area contributed by atoms with Crippen LogP contribution in [-0.2, 0) is 4.79 Å². The van der Waals surface area contributed by atoms with Crippen LogP contribution < -0.4 is 5.32 Å². The SMILES string of the molecule is C=C(C)C(=O)NC(O)C(CO)CO. The van der Waals surface area contributed by atoms with Crippen molar-refractivity contribution < 1.29 is 20.1 Å². The van der Waals surface area contributed by atoms with Gasteiger partial charge >= 0.3 is 0 Å². The van der Waals surface area contributed by atoms with Crippen molar-refractivity contribution in [1.82, 2.24) is 5.32 Å². The summed E-state index contributed by atoms with van der Waals surface area (Å²) in [7, 11) is 0. The Morgan fingerprint density at radius 1 is 1.46 bits per heavy atom. The predicted octanol–water partition coefficient (Wildman–Crippen LogP) is -1.40. The maximum absolute atomic E-state index is 11.0. The van der Waals surface area contributed by atoms with Gasteiger partial charge < -0.3 is 20.6 Å². The Bertz CT molecular complexity index is 189. The van der Waals surface area contributed by atoms with Crippen molar-refractivity contribution in [2.24, 2.45) is 5.92 Å². The molecule has 1 atom stereocenters. The van der Waals surface area contributed by atoms with Crippen LogP contribution in [0.1, 0.15) is 6.92 Å². The van der Waals surface area contributed by atoms with Gasteiger partial charge in [-0.1, -0.05) is 6.58 Å². The summed E-state index contributed by atoms with van der Waals surface area (Å²) < 4.78 is 0. The molecule has 0 rings (SSSR count). The quantitative estimate of drug-likeness (QED) is 0.316. The second kappa shape index (κ2) is 5.69. The number of nitrogens with one attached hydrogen (secondary N) is 1. The van der Waals surface area contributed by atoms with Gasteiger partial charge in [0.05, 0.1) is 13.2 Å². The molecule has 76 valence electrons. The Morgan fingerprint density at radius 2 is 1.92 bits per heavy atom. The maximum Gasteiger partial charge on any atom is 0.248 e. The minimum absolute atomic E-state index is 0.258. The molecule has 0 saturated heterocycles. The van der Waals surface area contributed by atoms with Crippen LogP contribution in [0, 0.1) is 5.92 Å². The van der Waals surface area contributed by atoms with E-state index in [9.17, 15) is 9.90 Å². The highest BCUT2D eigenvalue weighted by atomic mass is 16.3. The third kappa shape index (κ3) is 4.02. The lowest BCUT2D eigenvalue weighted by Gasteiger charge is -2.19. The van der Waals surface area contributed by atoms with Crippen molar-refractivity contribution in [3.63, 3.8) is 0 Å². The molecule has 0 aliphatic rings. The van der Waals surface area contributed by atoms with E-state index in [0.717, 1.165) is 0 Å². The molecule has 5 nitrogen and oxygen atoms in total. The first kappa shape index (κ1) is 12.1. The molecular weight excluding hydrogens is 174 g/mol. The van der Waals surface area contributed by atoms with Gasteiger partial charge in [-0.2, -0.15) is 0 Å². The van der Waals surface area contributed by atoms with Crippen LogP contribution in [-0.4, -0.2) is 40.7 Å². The zero-order chi connectivity index (χ0) is 10.4. The molecule has 5 heteroatoms. The highest BCUT2D eigenvalue weighted by Crippen LogP contribution is 1.99. The summed E-state index contributed by atoms with van der Waals surface area (Å²) in [5.74, 6) is -1.26. The zero-order valence-electron chi connectivity index (χ0n) is 7.53. The van der Waals surface area contributed by atoms with E-state index in [0.29, 0.717) is 0 Å². The Labute approximate surface area is 76.7 Å². The number of carbonyl (C=O) groups excluding carboxylic acids is 1. The van der Waals surface area contributed by atoms with Crippen molar-refractivity contribution >= 4 is 5.91 Å². The van der Waals surface area contributed by atoms with Crippen molar-refractivity contribution in [2.45, 2.75) is 13.2 Å². The summed E-state index contributed by atoms with van der Waals surface area (Å²) in [6, 6.07) is 0. The van der Waals surface area contributed by atoms with Crippen LogP contribution >= 0.6 is 0 Å². The van der Waals surface area contributed by atoms with E-state index in [1.54, 1.807) is 0 Å². The molecule has 1 amide bonds. The molecule has 0 aliphatic heterocycles. The van der Waals surface area contributed by atoms with E-state index in [4.69, 9.17) is 10.2 Å². The largest absolute Gasteiger partial charge is 0.396 e. The van der Waals surface area contributed by atoms with Gasteiger partial charge in [0.15, 0.2) is 0 Å². The van der Waals surface area contributed by atoms with Crippen LogP contribution in [0.4, 0.5) is 0 Å². The first-order valence-corrected chi connectivity index (χ1v) is 3.89. The molecule has 0 aromatic heterocycles.